The van der Waals surface area contributed by atoms with Gasteiger partial charge in [-0.05, 0) is 48.7 Å². The highest BCUT2D eigenvalue weighted by Gasteiger charge is 2.46. The van der Waals surface area contributed by atoms with Crippen molar-refractivity contribution in [3.63, 3.8) is 0 Å². The molecule has 10 nitrogen and oxygen atoms in total. The number of fused-ring (bicyclic) bond motifs is 1. The lowest BCUT2D eigenvalue weighted by Crippen LogP contribution is -2.39. The van der Waals surface area contributed by atoms with Gasteiger partial charge in [0.25, 0.3) is 11.7 Å². The number of likely N-dealkylation sites (tertiary alicyclic amines) is 1. The van der Waals surface area contributed by atoms with Crippen LogP contribution in [-0.2, 0) is 14.3 Å². The molecule has 0 spiro atoms. The van der Waals surface area contributed by atoms with Crippen molar-refractivity contribution in [2.45, 2.75) is 38.6 Å². The third-order valence-corrected chi connectivity index (χ3v) is 7.84. The summed E-state index contributed by atoms with van der Waals surface area (Å²) in [5, 5.41) is 11.5. The number of nitrogens with zero attached hydrogens (tertiary/aromatic N) is 2. The molecule has 3 heterocycles. The number of unbranched alkanes of at least 4 members (excludes halogenated alkanes) is 2. The van der Waals surface area contributed by atoms with E-state index in [9.17, 15) is 14.7 Å². The molecule has 2 aromatic carbocycles. The topological polar surface area (TPSA) is 107 Å². The molecule has 2 aromatic rings. The molecule has 1 atom stereocenters. The van der Waals surface area contributed by atoms with Gasteiger partial charge in [-0.3, -0.25) is 14.5 Å². The molecule has 0 saturated carbocycles. The van der Waals surface area contributed by atoms with Crippen molar-refractivity contribution in [3.05, 3.63) is 53.1 Å². The smallest absolute Gasteiger partial charge is 0.295 e. The number of carbonyl (C=O) groups is 2. The number of amides is 1. The SMILES string of the molecule is CCCCCOc1ccc(C2/C(=C(\O)c3ccc4c(c3)OCCO4)C(=O)C(=O)N2CCCN2CCOCC2)cc1OC. The molecule has 3 aliphatic heterocycles. The highest BCUT2D eigenvalue weighted by Crippen LogP contribution is 2.43. The first kappa shape index (κ1) is 29.7. The number of hydrogen-bond donors (Lipinski definition) is 1. The average molecular weight is 581 g/mol. The van der Waals surface area contributed by atoms with Crippen LogP contribution in [0.2, 0.25) is 0 Å². The van der Waals surface area contributed by atoms with Crippen LogP contribution in [0.5, 0.6) is 23.0 Å². The summed E-state index contributed by atoms with van der Waals surface area (Å²) in [6.45, 7) is 7.69. The van der Waals surface area contributed by atoms with Crippen molar-refractivity contribution >= 4 is 17.4 Å². The lowest BCUT2D eigenvalue weighted by Gasteiger charge is -2.29. The number of aliphatic hydroxyl groups excluding tert-OH is 1. The molecule has 0 aliphatic carbocycles. The second kappa shape index (κ2) is 13.9. The van der Waals surface area contributed by atoms with Gasteiger partial charge in [0.15, 0.2) is 23.0 Å². The number of aliphatic hydroxyl groups is 1. The molecule has 1 amide bonds. The Balaban J connectivity index is 1.48. The van der Waals surface area contributed by atoms with E-state index in [1.54, 1.807) is 42.3 Å². The van der Waals surface area contributed by atoms with Crippen molar-refractivity contribution in [1.29, 1.82) is 0 Å². The van der Waals surface area contributed by atoms with Crippen LogP contribution in [0.25, 0.3) is 5.76 Å². The molecular weight excluding hydrogens is 540 g/mol. The van der Waals surface area contributed by atoms with E-state index in [0.717, 1.165) is 38.9 Å². The number of methoxy groups -OCH3 is 1. The van der Waals surface area contributed by atoms with Crippen molar-refractivity contribution in [2.24, 2.45) is 0 Å². The molecular formula is C32H40N2O8. The van der Waals surface area contributed by atoms with Crippen molar-refractivity contribution in [2.75, 3.05) is 66.3 Å². The van der Waals surface area contributed by atoms with Gasteiger partial charge in [-0.25, -0.2) is 0 Å². The van der Waals surface area contributed by atoms with Crippen LogP contribution in [0, 0.1) is 0 Å². The first-order chi connectivity index (χ1) is 20.5. The van der Waals surface area contributed by atoms with Crippen molar-refractivity contribution in [1.82, 2.24) is 9.80 Å². The third-order valence-electron chi connectivity index (χ3n) is 7.84. The normalized spacial score (nSPS) is 20.1. The van der Waals surface area contributed by atoms with Gasteiger partial charge in [0.05, 0.1) is 38.5 Å². The van der Waals surface area contributed by atoms with Crippen LogP contribution >= 0.6 is 0 Å². The molecule has 3 aliphatic rings. The molecule has 10 heteroatoms. The molecule has 1 unspecified atom stereocenters. The minimum Gasteiger partial charge on any atom is -0.507 e. The first-order valence-electron chi connectivity index (χ1n) is 14.8. The lowest BCUT2D eigenvalue weighted by molar-refractivity contribution is -0.140. The summed E-state index contributed by atoms with van der Waals surface area (Å²) in [5.74, 6) is 0.517. The van der Waals surface area contributed by atoms with Crippen LogP contribution in [0.1, 0.15) is 49.8 Å². The summed E-state index contributed by atoms with van der Waals surface area (Å²) < 4.78 is 28.4. The second-order valence-electron chi connectivity index (χ2n) is 10.6. The van der Waals surface area contributed by atoms with Crippen LogP contribution < -0.4 is 18.9 Å². The fourth-order valence-corrected chi connectivity index (χ4v) is 5.60. The Kier molecular flexibility index (Phi) is 9.86. The number of ether oxygens (including phenoxy) is 5. The summed E-state index contributed by atoms with van der Waals surface area (Å²) in [4.78, 5) is 30.9. The summed E-state index contributed by atoms with van der Waals surface area (Å²) >= 11 is 0. The van der Waals surface area contributed by atoms with Gasteiger partial charge in [0.2, 0.25) is 0 Å². The largest absolute Gasteiger partial charge is 0.507 e. The summed E-state index contributed by atoms with van der Waals surface area (Å²) in [5.41, 5.74) is 1.05. The third kappa shape index (κ3) is 6.50. The minimum absolute atomic E-state index is 0.0294. The number of benzene rings is 2. The maximum atomic E-state index is 13.5. The number of hydrogen-bond acceptors (Lipinski definition) is 9. The van der Waals surface area contributed by atoms with Gasteiger partial charge in [0, 0.05) is 31.7 Å². The summed E-state index contributed by atoms with van der Waals surface area (Å²) in [7, 11) is 1.56. The number of ketones is 1. The molecule has 42 heavy (non-hydrogen) atoms. The second-order valence-corrected chi connectivity index (χ2v) is 10.6. The Morgan fingerprint density at radius 3 is 2.48 bits per heavy atom. The molecule has 226 valence electrons. The van der Waals surface area contributed by atoms with E-state index in [4.69, 9.17) is 23.7 Å². The predicted molar refractivity (Wildman–Crippen MR) is 156 cm³/mol. The van der Waals surface area contributed by atoms with Gasteiger partial charge < -0.3 is 33.7 Å². The van der Waals surface area contributed by atoms with Gasteiger partial charge >= 0.3 is 0 Å². The van der Waals surface area contributed by atoms with Gasteiger partial charge in [-0.1, -0.05) is 25.8 Å². The molecule has 0 radical (unpaired) electrons. The van der Waals surface area contributed by atoms with E-state index < -0.39 is 17.7 Å². The summed E-state index contributed by atoms with van der Waals surface area (Å²) in [6, 6.07) is 9.63. The van der Waals surface area contributed by atoms with E-state index in [2.05, 4.69) is 11.8 Å². The molecule has 2 fully saturated rings. The van der Waals surface area contributed by atoms with Crippen molar-refractivity contribution in [3.8, 4) is 23.0 Å². The standard InChI is InChI=1S/C32H40N2O8/c1-3-4-5-15-40-24-9-7-22(20-26(24)38-2)29-28(30(35)23-8-10-25-27(21-23)42-19-18-41-25)31(36)32(37)34(29)12-6-11-33-13-16-39-17-14-33/h7-10,20-21,29,35H,3-6,11-19H2,1-2H3/b30-28+. The monoisotopic (exact) mass is 580 g/mol. The summed E-state index contributed by atoms with van der Waals surface area (Å²) in [6.07, 6.45) is 3.76. The number of carbonyl (C=O) groups excluding carboxylic acids is 2. The zero-order chi connectivity index (χ0) is 29.5. The Bertz CT molecular complexity index is 1300. The van der Waals surface area contributed by atoms with E-state index in [1.165, 1.54) is 0 Å². The van der Waals surface area contributed by atoms with Crippen LogP contribution in [-0.4, -0.2) is 92.9 Å². The van der Waals surface area contributed by atoms with Crippen molar-refractivity contribution < 1.29 is 38.4 Å². The first-order valence-corrected chi connectivity index (χ1v) is 14.8. The zero-order valence-electron chi connectivity index (χ0n) is 24.4. The van der Waals surface area contributed by atoms with Gasteiger partial charge in [0.1, 0.15) is 19.0 Å². The van der Waals surface area contributed by atoms with E-state index in [-0.39, 0.29) is 11.3 Å². The van der Waals surface area contributed by atoms with E-state index >= 15 is 0 Å². The Morgan fingerprint density at radius 2 is 1.71 bits per heavy atom. The molecule has 1 N–H and O–H groups in total. The number of Topliss-reactive ketones (excluding diaryl/α,β-unsaturated/α-hetero) is 1. The highest BCUT2D eigenvalue weighted by molar-refractivity contribution is 6.46. The highest BCUT2D eigenvalue weighted by atomic mass is 16.6. The molecule has 0 bridgehead atoms. The fraction of sp³-hybridized carbons (Fsp3) is 0.500. The quantitative estimate of drug-likeness (QED) is 0.171. The Hall–Kier alpha value is -3.76. The zero-order valence-corrected chi connectivity index (χ0v) is 24.4. The Labute approximate surface area is 246 Å². The minimum atomic E-state index is -0.800. The van der Waals surface area contributed by atoms with Gasteiger partial charge in [-0.2, -0.15) is 0 Å². The molecule has 0 aromatic heterocycles. The van der Waals surface area contributed by atoms with E-state index in [1.807, 2.05) is 6.07 Å². The maximum Gasteiger partial charge on any atom is 0.295 e. The maximum absolute atomic E-state index is 13.5. The fourth-order valence-electron chi connectivity index (χ4n) is 5.60. The van der Waals surface area contributed by atoms with E-state index in [0.29, 0.717) is 80.1 Å². The molecule has 2 saturated heterocycles. The number of morpholine rings is 1. The average Bonchev–Trinajstić information content (AvgIpc) is 3.28. The lowest BCUT2D eigenvalue weighted by atomic mass is 9.94. The predicted octanol–water partition coefficient (Wildman–Crippen LogP) is 4.18. The molecule has 5 rings (SSSR count). The van der Waals surface area contributed by atoms with Crippen LogP contribution in [0.3, 0.4) is 0 Å². The Morgan fingerprint density at radius 1 is 0.929 bits per heavy atom. The van der Waals surface area contributed by atoms with Gasteiger partial charge in [-0.15, -0.1) is 0 Å². The van der Waals surface area contributed by atoms with Crippen LogP contribution in [0.4, 0.5) is 0 Å². The number of rotatable bonds is 12. The van der Waals surface area contributed by atoms with Crippen LogP contribution in [0.15, 0.2) is 42.0 Å².